The maximum atomic E-state index is 11.1. The number of carboxylic acid groups (broad SMARTS) is 1. The molecule has 1 aliphatic rings. The van der Waals surface area contributed by atoms with E-state index < -0.39 is 6.16 Å². The molecule has 0 unspecified atom stereocenters. The first kappa shape index (κ1) is 17.7. The van der Waals surface area contributed by atoms with E-state index in [0.717, 1.165) is 5.56 Å². The van der Waals surface area contributed by atoms with E-state index in [4.69, 9.17) is 30.9 Å². The number of carbonyl (C=O) groups is 1. The van der Waals surface area contributed by atoms with Crippen molar-refractivity contribution >= 4 is 33.7 Å². The van der Waals surface area contributed by atoms with E-state index in [1.54, 1.807) is 16.7 Å². The van der Waals surface area contributed by atoms with Crippen molar-refractivity contribution in [3.8, 4) is 28.8 Å². The summed E-state index contributed by atoms with van der Waals surface area (Å²) >= 11 is 9.66. The zero-order chi connectivity index (χ0) is 19.0. The van der Waals surface area contributed by atoms with E-state index in [1.165, 1.54) is 0 Å². The molecule has 2 aromatic carbocycles. The Bertz CT molecular complexity index is 1020. The highest BCUT2D eigenvalue weighted by Crippen LogP contribution is 2.39. The lowest BCUT2D eigenvalue weighted by Gasteiger charge is -2.13. The van der Waals surface area contributed by atoms with Crippen molar-refractivity contribution in [2.75, 3.05) is 6.79 Å². The van der Waals surface area contributed by atoms with Crippen molar-refractivity contribution in [1.29, 1.82) is 0 Å². The van der Waals surface area contributed by atoms with Crippen LogP contribution in [-0.2, 0) is 6.54 Å². The molecule has 2 heterocycles. The van der Waals surface area contributed by atoms with Gasteiger partial charge in [-0.15, -0.1) is 0 Å². The highest BCUT2D eigenvalue weighted by molar-refractivity contribution is 9.10. The van der Waals surface area contributed by atoms with Crippen molar-refractivity contribution in [3.05, 3.63) is 57.7 Å². The molecule has 1 aliphatic heterocycles. The molecule has 0 fully saturated rings. The second-order valence-corrected chi connectivity index (χ2v) is 6.81. The Morgan fingerprint density at radius 2 is 1.96 bits per heavy atom. The zero-order valence-electron chi connectivity index (χ0n) is 13.7. The van der Waals surface area contributed by atoms with Crippen LogP contribution < -0.4 is 14.2 Å². The second-order valence-electron chi connectivity index (χ2n) is 5.65. The molecular weight excluding hydrogens is 440 g/mol. The van der Waals surface area contributed by atoms with Crippen LogP contribution in [0.2, 0.25) is 5.02 Å². The SMILES string of the molecule is O=C(O)Oc1c(Br)nc(-c2ccccc2)n1Cc1cc2c(cc1Cl)OCO2. The highest BCUT2D eigenvalue weighted by atomic mass is 79.9. The number of nitrogens with zero attached hydrogens (tertiary/aromatic N) is 2. The molecule has 9 heteroatoms. The summed E-state index contributed by atoms with van der Waals surface area (Å²) in [6.07, 6.45) is -1.44. The first-order valence-electron chi connectivity index (χ1n) is 7.83. The van der Waals surface area contributed by atoms with E-state index in [9.17, 15) is 4.79 Å². The maximum Gasteiger partial charge on any atom is 0.512 e. The Hall–Kier alpha value is -2.71. The Kier molecular flexibility index (Phi) is 4.67. The average molecular weight is 452 g/mol. The molecule has 3 aromatic rings. The second kappa shape index (κ2) is 7.13. The van der Waals surface area contributed by atoms with E-state index in [1.807, 2.05) is 30.3 Å². The fourth-order valence-electron chi connectivity index (χ4n) is 2.79. The van der Waals surface area contributed by atoms with Gasteiger partial charge in [0.15, 0.2) is 16.1 Å². The molecule has 0 aliphatic carbocycles. The zero-order valence-corrected chi connectivity index (χ0v) is 16.0. The lowest BCUT2D eigenvalue weighted by atomic mass is 10.1. The summed E-state index contributed by atoms with van der Waals surface area (Å²) in [4.78, 5) is 15.6. The van der Waals surface area contributed by atoms with E-state index >= 15 is 0 Å². The molecule has 0 spiro atoms. The summed E-state index contributed by atoms with van der Waals surface area (Å²) in [7, 11) is 0. The summed E-state index contributed by atoms with van der Waals surface area (Å²) in [5, 5.41) is 9.56. The van der Waals surface area contributed by atoms with Gasteiger partial charge < -0.3 is 19.3 Å². The molecule has 7 nitrogen and oxygen atoms in total. The molecule has 0 bridgehead atoms. The Labute approximate surface area is 167 Å². The predicted molar refractivity (Wildman–Crippen MR) is 101 cm³/mol. The summed E-state index contributed by atoms with van der Waals surface area (Å²) in [6.45, 7) is 0.356. The first-order valence-corrected chi connectivity index (χ1v) is 9.00. The van der Waals surface area contributed by atoms with Crippen molar-refractivity contribution in [2.24, 2.45) is 0 Å². The van der Waals surface area contributed by atoms with Crippen LogP contribution >= 0.6 is 27.5 Å². The number of rotatable bonds is 4. The average Bonchev–Trinajstić information content (AvgIpc) is 3.21. The number of aromatic nitrogens is 2. The summed E-state index contributed by atoms with van der Waals surface area (Å²) < 4.78 is 17.6. The summed E-state index contributed by atoms with van der Waals surface area (Å²) in [5.74, 6) is 1.75. The van der Waals surface area contributed by atoms with Crippen LogP contribution in [0.3, 0.4) is 0 Å². The van der Waals surface area contributed by atoms with Crippen LogP contribution in [0.4, 0.5) is 4.79 Å². The number of imidazole rings is 1. The van der Waals surface area contributed by atoms with Crippen LogP contribution in [0.1, 0.15) is 5.56 Å². The van der Waals surface area contributed by atoms with E-state index in [2.05, 4.69) is 20.9 Å². The molecule has 0 amide bonds. The van der Waals surface area contributed by atoms with Crippen molar-refractivity contribution in [2.45, 2.75) is 6.54 Å². The van der Waals surface area contributed by atoms with Gasteiger partial charge in [-0.1, -0.05) is 41.9 Å². The minimum Gasteiger partial charge on any atom is -0.454 e. The minimum absolute atomic E-state index is 0.0649. The molecule has 27 heavy (non-hydrogen) atoms. The smallest absolute Gasteiger partial charge is 0.454 e. The fraction of sp³-hybridized carbons (Fsp3) is 0.111. The van der Waals surface area contributed by atoms with Gasteiger partial charge in [-0.05, 0) is 27.6 Å². The Morgan fingerprint density at radius 3 is 2.67 bits per heavy atom. The summed E-state index contributed by atoms with van der Waals surface area (Å²) in [6, 6.07) is 12.8. The molecule has 138 valence electrons. The van der Waals surface area contributed by atoms with Gasteiger partial charge in [0.05, 0.1) is 6.54 Å². The standard InChI is InChI=1S/C18H12BrClN2O5/c19-15-17(27-18(23)24)22(16(21-15)10-4-2-1-3-5-10)8-11-6-13-14(7-12(11)20)26-9-25-13/h1-7H,8-9H2,(H,23,24). The third kappa shape index (κ3) is 3.45. The number of fused-ring (bicyclic) bond motifs is 1. The predicted octanol–water partition coefficient (Wildman–Crippen LogP) is 4.80. The van der Waals surface area contributed by atoms with Gasteiger partial charge in [-0.25, -0.2) is 9.78 Å². The molecule has 1 aromatic heterocycles. The lowest BCUT2D eigenvalue weighted by molar-refractivity contribution is 0.140. The fourth-order valence-corrected chi connectivity index (χ4v) is 3.47. The van der Waals surface area contributed by atoms with Crippen LogP contribution in [0, 0.1) is 0 Å². The van der Waals surface area contributed by atoms with E-state index in [0.29, 0.717) is 27.9 Å². The normalized spacial score (nSPS) is 12.2. The van der Waals surface area contributed by atoms with Gasteiger partial charge >= 0.3 is 6.16 Å². The maximum absolute atomic E-state index is 11.1. The molecule has 0 saturated heterocycles. The first-order chi connectivity index (χ1) is 13.0. The van der Waals surface area contributed by atoms with Gasteiger partial charge in [0.25, 0.3) is 0 Å². The molecule has 1 N–H and O–H groups in total. The van der Waals surface area contributed by atoms with Gasteiger partial charge in [0.1, 0.15) is 5.82 Å². The molecular formula is C18H12BrClN2O5. The van der Waals surface area contributed by atoms with E-state index in [-0.39, 0.29) is 23.8 Å². The number of hydrogen-bond acceptors (Lipinski definition) is 5. The quantitative estimate of drug-likeness (QED) is 0.574. The van der Waals surface area contributed by atoms with Crippen molar-refractivity contribution < 1.29 is 24.1 Å². The van der Waals surface area contributed by atoms with Gasteiger partial charge in [0, 0.05) is 16.7 Å². The van der Waals surface area contributed by atoms with Crippen LogP contribution in [0.5, 0.6) is 17.4 Å². The van der Waals surface area contributed by atoms with Gasteiger partial charge in [-0.3, -0.25) is 4.57 Å². The van der Waals surface area contributed by atoms with Crippen LogP contribution in [0.25, 0.3) is 11.4 Å². The number of hydrogen-bond donors (Lipinski definition) is 1. The minimum atomic E-state index is -1.44. The lowest BCUT2D eigenvalue weighted by Crippen LogP contribution is -2.11. The number of ether oxygens (including phenoxy) is 3. The molecule has 0 atom stereocenters. The topological polar surface area (TPSA) is 82.8 Å². The highest BCUT2D eigenvalue weighted by Gasteiger charge is 2.23. The number of benzene rings is 2. The Balaban J connectivity index is 1.82. The molecule has 0 saturated carbocycles. The third-order valence-corrected chi connectivity index (χ3v) is 4.84. The largest absolute Gasteiger partial charge is 0.512 e. The van der Waals surface area contributed by atoms with Crippen molar-refractivity contribution in [1.82, 2.24) is 9.55 Å². The number of halogens is 2. The van der Waals surface area contributed by atoms with Crippen LogP contribution in [-0.4, -0.2) is 27.6 Å². The van der Waals surface area contributed by atoms with Crippen LogP contribution in [0.15, 0.2) is 47.1 Å². The van der Waals surface area contributed by atoms with Gasteiger partial charge in [-0.2, -0.15) is 0 Å². The van der Waals surface area contributed by atoms with Crippen molar-refractivity contribution in [3.63, 3.8) is 0 Å². The Morgan fingerprint density at radius 1 is 1.26 bits per heavy atom. The third-order valence-electron chi connectivity index (χ3n) is 3.97. The molecule has 4 rings (SSSR count). The summed E-state index contributed by atoms with van der Waals surface area (Å²) in [5.41, 5.74) is 1.51. The monoisotopic (exact) mass is 450 g/mol. The molecule has 0 radical (unpaired) electrons. The van der Waals surface area contributed by atoms with Gasteiger partial charge in [0.2, 0.25) is 12.7 Å².